The molecule has 0 saturated heterocycles. The van der Waals surface area contributed by atoms with Gasteiger partial charge in [-0.15, -0.1) is 5.10 Å². The molecule has 0 saturated carbocycles. The van der Waals surface area contributed by atoms with Gasteiger partial charge in [0.15, 0.2) is 0 Å². The number of nitrogens with zero attached hydrogens (tertiary/aromatic N) is 5. The number of aryl methyl sites for hydroxylation is 1. The van der Waals surface area contributed by atoms with Crippen LogP contribution >= 0.6 is 11.8 Å². The van der Waals surface area contributed by atoms with Gasteiger partial charge in [0, 0.05) is 18.8 Å². The summed E-state index contributed by atoms with van der Waals surface area (Å²) in [4.78, 5) is 4.21. The molecule has 0 radical (unpaired) electrons. The molecule has 0 aromatic carbocycles. The van der Waals surface area contributed by atoms with Crippen LogP contribution in [0.2, 0.25) is 0 Å². The zero-order valence-corrected chi connectivity index (χ0v) is 9.72. The number of rotatable bonds is 3. The predicted molar refractivity (Wildman–Crippen MR) is 57.8 cm³/mol. The molecule has 1 N–H and O–H groups in total. The average molecular weight is 237 g/mol. The number of pyridine rings is 1. The molecule has 0 bridgehead atoms. The van der Waals surface area contributed by atoms with Crippen LogP contribution in [0.25, 0.3) is 0 Å². The molecule has 1 atom stereocenters. The van der Waals surface area contributed by atoms with E-state index in [1.165, 1.54) is 11.8 Å². The molecule has 6 nitrogen and oxygen atoms in total. The van der Waals surface area contributed by atoms with E-state index in [0.29, 0.717) is 5.16 Å². The van der Waals surface area contributed by atoms with Crippen LogP contribution in [-0.4, -0.2) is 30.3 Å². The van der Waals surface area contributed by atoms with Crippen molar-refractivity contribution in [3.63, 3.8) is 0 Å². The van der Waals surface area contributed by atoms with Gasteiger partial charge in [-0.2, -0.15) is 0 Å². The zero-order chi connectivity index (χ0) is 11.5. The van der Waals surface area contributed by atoms with Crippen molar-refractivity contribution in [3.8, 4) is 0 Å². The maximum atomic E-state index is 9.59. The standard InChI is InChI=1S/C9H11N5OS/c1-6(15)7-4-3-5-10-8(7)16-9-11-12-13-14(9)2/h3-6,15H,1-2H3/t6-/m0/s1. The van der Waals surface area contributed by atoms with Crippen molar-refractivity contribution in [2.24, 2.45) is 7.05 Å². The van der Waals surface area contributed by atoms with Gasteiger partial charge in [-0.05, 0) is 35.2 Å². The summed E-state index contributed by atoms with van der Waals surface area (Å²) in [5, 5.41) is 22.1. The number of aliphatic hydroxyl groups is 1. The third kappa shape index (κ3) is 2.20. The number of hydrogen-bond donors (Lipinski definition) is 1. The van der Waals surface area contributed by atoms with Gasteiger partial charge < -0.3 is 5.11 Å². The molecule has 2 aromatic rings. The summed E-state index contributed by atoms with van der Waals surface area (Å²) < 4.78 is 1.56. The van der Waals surface area contributed by atoms with E-state index in [-0.39, 0.29) is 0 Å². The van der Waals surface area contributed by atoms with E-state index in [0.717, 1.165) is 10.6 Å². The van der Waals surface area contributed by atoms with Crippen molar-refractivity contribution >= 4 is 11.8 Å². The quantitative estimate of drug-likeness (QED) is 0.851. The second-order valence-electron chi connectivity index (χ2n) is 3.26. The normalized spacial score (nSPS) is 12.7. The highest BCUT2D eigenvalue weighted by molar-refractivity contribution is 7.99. The van der Waals surface area contributed by atoms with E-state index in [9.17, 15) is 5.11 Å². The first kappa shape index (κ1) is 11.0. The molecule has 0 amide bonds. The van der Waals surface area contributed by atoms with Crippen molar-refractivity contribution in [3.05, 3.63) is 23.9 Å². The predicted octanol–water partition coefficient (Wildman–Crippen LogP) is 0.810. The van der Waals surface area contributed by atoms with Gasteiger partial charge in [-0.1, -0.05) is 6.07 Å². The van der Waals surface area contributed by atoms with E-state index < -0.39 is 6.10 Å². The summed E-state index contributed by atoms with van der Waals surface area (Å²) >= 11 is 1.33. The molecule has 0 aliphatic carbocycles. The Kier molecular flexibility index (Phi) is 3.16. The Bertz CT molecular complexity index is 484. The minimum atomic E-state index is -0.558. The minimum absolute atomic E-state index is 0.558. The van der Waals surface area contributed by atoms with E-state index in [4.69, 9.17) is 0 Å². The van der Waals surface area contributed by atoms with Crippen LogP contribution in [0.1, 0.15) is 18.6 Å². The van der Waals surface area contributed by atoms with Crippen LogP contribution in [-0.2, 0) is 7.05 Å². The number of aromatic nitrogens is 5. The maximum absolute atomic E-state index is 9.59. The van der Waals surface area contributed by atoms with Crippen LogP contribution in [0.4, 0.5) is 0 Å². The third-order valence-electron chi connectivity index (χ3n) is 2.02. The lowest BCUT2D eigenvalue weighted by Crippen LogP contribution is -1.98. The largest absolute Gasteiger partial charge is 0.389 e. The summed E-state index contributed by atoms with van der Waals surface area (Å²) in [6, 6.07) is 3.63. The molecule has 0 aliphatic heterocycles. The molecule has 2 aromatic heterocycles. The summed E-state index contributed by atoms with van der Waals surface area (Å²) in [6.45, 7) is 1.70. The van der Waals surface area contributed by atoms with Gasteiger partial charge in [-0.25, -0.2) is 9.67 Å². The summed E-state index contributed by atoms with van der Waals surface area (Å²) in [5.74, 6) is 0. The molecule has 2 heterocycles. The van der Waals surface area contributed by atoms with Gasteiger partial charge in [0.1, 0.15) is 5.03 Å². The second kappa shape index (κ2) is 4.58. The van der Waals surface area contributed by atoms with Crippen molar-refractivity contribution < 1.29 is 5.11 Å². The molecular weight excluding hydrogens is 226 g/mol. The molecule has 2 rings (SSSR count). The van der Waals surface area contributed by atoms with Gasteiger partial charge in [-0.3, -0.25) is 0 Å². The molecular formula is C9H11N5OS. The van der Waals surface area contributed by atoms with E-state index >= 15 is 0 Å². The fourth-order valence-corrected chi connectivity index (χ4v) is 2.09. The Balaban J connectivity index is 2.31. The van der Waals surface area contributed by atoms with E-state index in [2.05, 4.69) is 20.5 Å². The average Bonchev–Trinajstić information content (AvgIpc) is 2.65. The first-order valence-corrected chi connectivity index (χ1v) is 5.53. The fourth-order valence-electron chi connectivity index (χ4n) is 1.20. The van der Waals surface area contributed by atoms with Crippen LogP contribution < -0.4 is 0 Å². The SMILES string of the molecule is C[C@H](O)c1cccnc1Sc1nnnn1C. The molecule has 0 fully saturated rings. The summed E-state index contributed by atoms with van der Waals surface area (Å²) in [6.07, 6.45) is 1.12. The smallest absolute Gasteiger partial charge is 0.215 e. The zero-order valence-electron chi connectivity index (χ0n) is 8.90. The van der Waals surface area contributed by atoms with E-state index in [1.807, 2.05) is 6.07 Å². The summed E-state index contributed by atoms with van der Waals surface area (Å²) in [5.41, 5.74) is 0.774. The van der Waals surface area contributed by atoms with Crippen molar-refractivity contribution in [1.29, 1.82) is 0 Å². The Labute approximate surface area is 96.7 Å². The monoisotopic (exact) mass is 237 g/mol. The summed E-state index contributed by atoms with van der Waals surface area (Å²) in [7, 11) is 1.76. The fraction of sp³-hybridized carbons (Fsp3) is 0.333. The topological polar surface area (TPSA) is 76.7 Å². The Morgan fingerprint density at radius 3 is 2.94 bits per heavy atom. The molecule has 0 aliphatic rings. The number of hydrogen-bond acceptors (Lipinski definition) is 6. The first-order chi connectivity index (χ1) is 7.68. The van der Waals surface area contributed by atoms with Crippen molar-refractivity contribution in [1.82, 2.24) is 25.2 Å². The highest BCUT2D eigenvalue weighted by atomic mass is 32.2. The van der Waals surface area contributed by atoms with Gasteiger partial charge >= 0.3 is 0 Å². The van der Waals surface area contributed by atoms with Gasteiger partial charge in [0.2, 0.25) is 5.16 Å². The van der Waals surface area contributed by atoms with Crippen LogP contribution in [0.15, 0.2) is 28.5 Å². The minimum Gasteiger partial charge on any atom is -0.389 e. The van der Waals surface area contributed by atoms with Crippen LogP contribution in [0.5, 0.6) is 0 Å². The van der Waals surface area contributed by atoms with Gasteiger partial charge in [0.05, 0.1) is 6.10 Å². The Morgan fingerprint density at radius 2 is 2.31 bits per heavy atom. The molecule has 0 spiro atoms. The third-order valence-corrected chi connectivity index (χ3v) is 3.08. The Hall–Kier alpha value is -1.47. The molecule has 7 heteroatoms. The number of aliphatic hydroxyl groups excluding tert-OH is 1. The van der Waals surface area contributed by atoms with Crippen LogP contribution in [0, 0.1) is 0 Å². The molecule has 84 valence electrons. The lowest BCUT2D eigenvalue weighted by molar-refractivity contribution is 0.195. The Morgan fingerprint density at radius 1 is 1.50 bits per heavy atom. The maximum Gasteiger partial charge on any atom is 0.215 e. The molecule has 16 heavy (non-hydrogen) atoms. The van der Waals surface area contributed by atoms with E-state index in [1.54, 1.807) is 30.9 Å². The lowest BCUT2D eigenvalue weighted by Gasteiger charge is -2.08. The van der Waals surface area contributed by atoms with Gasteiger partial charge in [0.25, 0.3) is 0 Å². The van der Waals surface area contributed by atoms with Crippen LogP contribution in [0.3, 0.4) is 0 Å². The second-order valence-corrected chi connectivity index (χ2v) is 4.22. The number of tetrazole rings is 1. The van der Waals surface area contributed by atoms with Crippen molar-refractivity contribution in [2.45, 2.75) is 23.2 Å². The first-order valence-electron chi connectivity index (χ1n) is 4.71. The lowest BCUT2D eigenvalue weighted by atomic mass is 10.2. The van der Waals surface area contributed by atoms with Crippen molar-refractivity contribution in [2.75, 3.05) is 0 Å². The molecule has 0 unspecified atom stereocenters. The highest BCUT2D eigenvalue weighted by Crippen LogP contribution is 2.29. The highest BCUT2D eigenvalue weighted by Gasteiger charge is 2.12.